The minimum atomic E-state index is -0.775. The summed E-state index contributed by atoms with van der Waals surface area (Å²) in [7, 11) is 0. The van der Waals surface area contributed by atoms with Crippen molar-refractivity contribution < 1.29 is 9.31 Å². The highest BCUT2D eigenvalue weighted by molar-refractivity contribution is 5.50. The van der Waals surface area contributed by atoms with Crippen molar-refractivity contribution in [1.29, 1.82) is 0 Å². The summed E-state index contributed by atoms with van der Waals surface area (Å²) >= 11 is 0. The quantitative estimate of drug-likeness (QED) is 0.548. The molecule has 1 aromatic carbocycles. The van der Waals surface area contributed by atoms with E-state index in [0.29, 0.717) is 24.0 Å². The van der Waals surface area contributed by atoms with Crippen molar-refractivity contribution in [3.63, 3.8) is 0 Å². The van der Waals surface area contributed by atoms with Gasteiger partial charge in [0.25, 0.3) is 0 Å². The summed E-state index contributed by atoms with van der Waals surface area (Å²) in [6.45, 7) is 0. The second-order valence-electron chi connectivity index (χ2n) is 3.37. The van der Waals surface area contributed by atoms with Gasteiger partial charge in [0, 0.05) is 11.6 Å². The van der Waals surface area contributed by atoms with Crippen LogP contribution in [-0.4, -0.2) is 4.92 Å². The Hall–Kier alpha value is -1.49. The van der Waals surface area contributed by atoms with Crippen LogP contribution in [0.5, 0.6) is 0 Å². The number of rotatable bonds is 1. The van der Waals surface area contributed by atoms with Crippen LogP contribution >= 0.6 is 0 Å². The van der Waals surface area contributed by atoms with E-state index in [1.54, 1.807) is 0 Å². The van der Waals surface area contributed by atoms with Crippen molar-refractivity contribution in [2.24, 2.45) is 5.73 Å². The largest absolute Gasteiger partial charge is 0.324 e. The van der Waals surface area contributed by atoms with Gasteiger partial charge in [-0.25, -0.2) is 0 Å². The molecule has 0 saturated carbocycles. The molecular formula is C9H9FN2O2. The van der Waals surface area contributed by atoms with E-state index in [2.05, 4.69) is 0 Å². The van der Waals surface area contributed by atoms with Crippen LogP contribution in [0.3, 0.4) is 0 Å². The van der Waals surface area contributed by atoms with Gasteiger partial charge in [-0.15, -0.1) is 0 Å². The van der Waals surface area contributed by atoms with Crippen molar-refractivity contribution in [3.8, 4) is 0 Å². The fourth-order valence-corrected chi connectivity index (χ4v) is 1.89. The smallest absolute Gasteiger partial charge is 0.308 e. The molecule has 0 radical (unpaired) electrons. The zero-order valence-electron chi connectivity index (χ0n) is 7.37. The zero-order valence-corrected chi connectivity index (χ0v) is 7.37. The Morgan fingerprint density at radius 2 is 2.29 bits per heavy atom. The van der Waals surface area contributed by atoms with E-state index >= 15 is 0 Å². The molecule has 74 valence electrons. The Labute approximate surface area is 79.7 Å². The number of hydrogen-bond donors (Lipinski definition) is 1. The molecule has 2 rings (SSSR count). The van der Waals surface area contributed by atoms with Crippen LogP contribution in [0.4, 0.5) is 10.1 Å². The van der Waals surface area contributed by atoms with Crippen LogP contribution in [0.25, 0.3) is 0 Å². The number of nitrogens with two attached hydrogens (primary N) is 1. The number of nitro groups is 1. The number of nitro benzene ring substituents is 1. The van der Waals surface area contributed by atoms with Crippen LogP contribution < -0.4 is 5.73 Å². The van der Waals surface area contributed by atoms with Gasteiger partial charge in [-0.1, -0.05) is 6.07 Å². The van der Waals surface area contributed by atoms with Gasteiger partial charge in [-0.3, -0.25) is 10.1 Å². The van der Waals surface area contributed by atoms with Gasteiger partial charge >= 0.3 is 5.69 Å². The topological polar surface area (TPSA) is 69.2 Å². The third-order valence-electron chi connectivity index (χ3n) is 2.56. The summed E-state index contributed by atoms with van der Waals surface area (Å²) < 4.78 is 13.1. The molecule has 0 aliphatic heterocycles. The third-order valence-corrected chi connectivity index (χ3v) is 2.56. The number of fused-ring (bicyclic) bond motifs is 1. The summed E-state index contributed by atoms with van der Waals surface area (Å²) in [6.07, 6.45) is 1.14. The molecule has 0 fully saturated rings. The summed E-state index contributed by atoms with van der Waals surface area (Å²) in [5.41, 5.74) is 6.48. The van der Waals surface area contributed by atoms with Crippen molar-refractivity contribution in [2.75, 3.05) is 0 Å². The van der Waals surface area contributed by atoms with E-state index in [4.69, 9.17) is 5.73 Å². The summed E-state index contributed by atoms with van der Waals surface area (Å²) in [4.78, 5) is 9.94. The van der Waals surface area contributed by atoms with Gasteiger partial charge in [0.15, 0.2) is 0 Å². The first-order chi connectivity index (χ1) is 6.61. The van der Waals surface area contributed by atoms with Gasteiger partial charge in [0.1, 0.15) is 0 Å². The highest BCUT2D eigenvalue weighted by Gasteiger charge is 2.29. The fourth-order valence-electron chi connectivity index (χ4n) is 1.89. The van der Waals surface area contributed by atoms with Gasteiger partial charge in [0.05, 0.1) is 4.92 Å². The number of nitrogens with zero attached hydrogens (tertiary/aromatic N) is 1. The molecule has 0 saturated heterocycles. The second-order valence-corrected chi connectivity index (χ2v) is 3.37. The monoisotopic (exact) mass is 196 g/mol. The number of benzene rings is 1. The minimum Gasteiger partial charge on any atom is -0.324 e. The molecule has 0 spiro atoms. The first-order valence-corrected chi connectivity index (χ1v) is 4.32. The van der Waals surface area contributed by atoms with Crippen LogP contribution in [-0.2, 0) is 6.42 Å². The zero-order chi connectivity index (χ0) is 10.3. The lowest BCUT2D eigenvalue weighted by atomic mass is 10.1. The van der Waals surface area contributed by atoms with Crippen molar-refractivity contribution in [2.45, 2.75) is 18.9 Å². The van der Waals surface area contributed by atoms with E-state index in [1.165, 1.54) is 6.07 Å². The first-order valence-electron chi connectivity index (χ1n) is 4.32. The molecule has 14 heavy (non-hydrogen) atoms. The normalized spacial score (nSPS) is 19.4. The van der Waals surface area contributed by atoms with Gasteiger partial charge in [-0.05, 0) is 24.5 Å². The highest BCUT2D eigenvalue weighted by Crippen LogP contribution is 2.36. The molecule has 1 aliphatic carbocycles. The Bertz CT molecular complexity index is 406. The molecule has 1 atom stereocenters. The first kappa shape index (κ1) is 9.08. The maximum absolute atomic E-state index is 13.1. The van der Waals surface area contributed by atoms with E-state index in [-0.39, 0.29) is 6.04 Å². The summed E-state index contributed by atoms with van der Waals surface area (Å²) in [6, 6.07) is 2.46. The van der Waals surface area contributed by atoms with E-state index < -0.39 is 16.4 Å². The number of hydrogen-bond acceptors (Lipinski definition) is 3. The molecule has 0 unspecified atom stereocenters. The van der Waals surface area contributed by atoms with Crippen molar-refractivity contribution in [1.82, 2.24) is 0 Å². The van der Waals surface area contributed by atoms with E-state index in [9.17, 15) is 14.5 Å². The average Bonchev–Trinajstić information content (AvgIpc) is 2.47. The van der Waals surface area contributed by atoms with Gasteiger partial charge in [0.2, 0.25) is 5.82 Å². The van der Waals surface area contributed by atoms with Crippen LogP contribution in [0.2, 0.25) is 0 Å². The highest BCUT2D eigenvalue weighted by atomic mass is 19.1. The molecule has 0 heterocycles. The van der Waals surface area contributed by atoms with Crippen molar-refractivity contribution in [3.05, 3.63) is 39.2 Å². The molecule has 4 nitrogen and oxygen atoms in total. The number of halogens is 1. The standard InChI is InChI=1S/C9H9FN2O2/c10-7-3-1-5-6(2-4-8(5)11)9(7)12(13)14/h1,3,8H,2,4,11H2/t8-/m0/s1. The Balaban J connectivity index is 2.65. The molecular weight excluding hydrogens is 187 g/mol. The molecule has 0 amide bonds. The van der Waals surface area contributed by atoms with Crippen molar-refractivity contribution >= 4 is 5.69 Å². The van der Waals surface area contributed by atoms with Gasteiger partial charge < -0.3 is 5.73 Å². The van der Waals surface area contributed by atoms with Crippen LogP contribution in [0.1, 0.15) is 23.6 Å². The Morgan fingerprint density at radius 1 is 1.57 bits per heavy atom. The SMILES string of the molecule is N[C@H]1CCc2c1ccc(F)c2[N+](=O)[O-]. The van der Waals surface area contributed by atoms with Crippen LogP contribution in [0, 0.1) is 15.9 Å². The summed E-state index contributed by atoms with van der Waals surface area (Å²) in [5, 5.41) is 10.6. The third kappa shape index (κ3) is 1.17. The maximum atomic E-state index is 13.1. The van der Waals surface area contributed by atoms with Gasteiger partial charge in [-0.2, -0.15) is 4.39 Å². The molecule has 0 aromatic heterocycles. The minimum absolute atomic E-state index is 0.190. The molecule has 1 aliphatic rings. The molecule has 5 heteroatoms. The summed E-state index contributed by atoms with van der Waals surface area (Å²) in [5.74, 6) is -0.775. The molecule has 1 aromatic rings. The lowest BCUT2D eigenvalue weighted by Crippen LogP contribution is -2.06. The molecule has 2 N–H and O–H groups in total. The lowest BCUT2D eigenvalue weighted by Gasteiger charge is -2.04. The second kappa shape index (κ2) is 3.02. The Kier molecular flexibility index (Phi) is 1.96. The predicted molar refractivity (Wildman–Crippen MR) is 48.3 cm³/mol. The van der Waals surface area contributed by atoms with E-state index in [0.717, 1.165) is 6.07 Å². The average molecular weight is 196 g/mol. The maximum Gasteiger partial charge on any atom is 0.308 e. The predicted octanol–water partition coefficient (Wildman–Crippen LogP) is 1.68. The van der Waals surface area contributed by atoms with Crippen LogP contribution in [0.15, 0.2) is 12.1 Å². The Morgan fingerprint density at radius 3 is 2.93 bits per heavy atom. The molecule has 0 bridgehead atoms. The van der Waals surface area contributed by atoms with E-state index in [1.807, 2.05) is 0 Å². The lowest BCUT2D eigenvalue weighted by molar-refractivity contribution is -0.388. The fraction of sp³-hybridized carbons (Fsp3) is 0.333.